The molecule has 2 heterocycles. The van der Waals surface area contributed by atoms with Crippen LogP contribution in [0.2, 0.25) is 0 Å². The summed E-state index contributed by atoms with van der Waals surface area (Å²) < 4.78 is 5.40. The Bertz CT molecular complexity index is 1110. The highest BCUT2D eigenvalue weighted by atomic mass is 16.3. The zero-order chi connectivity index (χ0) is 21.3. The highest BCUT2D eigenvalue weighted by Gasteiger charge is 2.42. The first-order valence-corrected chi connectivity index (χ1v) is 10.0. The molecule has 0 saturated carbocycles. The van der Waals surface area contributed by atoms with E-state index in [1.165, 1.54) is 4.90 Å². The van der Waals surface area contributed by atoms with Gasteiger partial charge in [-0.15, -0.1) is 0 Å². The van der Waals surface area contributed by atoms with E-state index in [-0.39, 0.29) is 18.4 Å². The van der Waals surface area contributed by atoms with Crippen molar-refractivity contribution in [2.75, 3.05) is 11.4 Å². The highest BCUT2D eigenvalue weighted by molar-refractivity contribution is 6.36. The summed E-state index contributed by atoms with van der Waals surface area (Å²) in [6.45, 7) is 6.63. The molecule has 1 aromatic heterocycles. The molecule has 2 aromatic carbocycles. The molecule has 30 heavy (non-hydrogen) atoms. The molecule has 1 aliphatic rings. The number of carbonyl (C=O) groups excluding carboxylic acids is 2. The highest BCUT2D eigenvalue weighted by Crippen LogP contribution is 2.36. The molecule has 0 radical (unpaired) electrons. The van der Waals surface area contributed by atoms with Gasteiger partial charge in [-0.2, -0.15) is 0 Å². The molecule has 3 aromatic rings. The normalized spacial score (nSPS) is 14.0. The molecule has 0 spiro atoms. The second-order valence-electron chi connectivity index (χ2n) is 7.40. The molecule has 152 valence electrons. The van der Waals surface area contributed by atoms with E-state index in [0.29, 0.717) is 23.6 Å². The number of hydrogen-bond donors (Lipinski definition) is 0. The van der Waals surface area contributed by atoms with Gasteiger partial charge >= 0.3 is 0 Å². The molecular formula is C25H24N2O3. The first-order valence-electron chi connectivity index (χ1n) is 10.0. The predicted octanol–water partition coefficient (Wildman–Crippen LogP) is 4.70. The molecule has 0 N–H and O–H groups in total. The summed E-state index contributed by atoms with van der Waals surface area (Å²) in [5, 5.41) is 0. The first-order chi connectivity index (χ1) is 14.5. The molecule has 0 fully saturated rings. The average molecular weight is 400 g/mol. The fourth-order valence-corrected chi connectivity index (χ4v) is 3.93. The molecule has 5 heteroatoms. The summed E-state index contributed by atoms with van der Waals surface area (Å²) >= 11 is 0. The van der Waals surface area contributed by atoms with E-state index >= 15 is 0 Å². The Labute approximate surface area is 176 Å². The van der Waals surface area contributed by atoms with Crippen LogP contribution in [-0.2, 0) is 16.1 Å². The Balaban J connectivity index is 1.87. The molecule has 1 aliphatic heterocycles. The SMILES string of the molecule is CCN(C1=C(c2ccc(C)cc2C)C(=O)N(Cc2ccco2)C1=O)c1ccccc1. The lowest BCUT2D eigenvalue weighted by Crippen LogP contribution is -2.34. The van der Waals surface area contributed by atoms with Crippen LogP contribution >= 0.6 is 0 Å². The van der Waals surface area contributed by atoms with Gasteiger partial charge in [-0.05, 0) is 56.2 Å². The molecule has 5 nitrogen and oxygen atoms in total. The van der Waals surface area contributed by atoms with Gasteiger partial charge in [0, 0.05) is 12.2 Å². The predicted molar refractivity (Wildman–Crippen MR) is 117 cm³/mol. The maximum Gasteiger partial charge on any atom is 0.278 e. The van der Waals surface area contributed by atoms with Crippen LogP contribution in [0.3, 0.4) is 0 Å². The number of para-hydroxylation sites is 1. The molecule has 0 saturated heterocycles. The van der Waals surface area contributed by atoms with Crippen LogP contribution in [-0.4, -0.2) is 23.3 Å². The monoisotopic (exact) mass is 400 g/mol. The lowest BCUT2D eigenvalue weighted by molar-refractivity contribution is -0.137. The third-order valence-electron chi connectivity index (χ3n) is 5.34. The summed E-state index contributed by atoms with van der Waals surface area (Å²) in [5.41, 5.74) is 4.58. The van der Waals surface area contributed by atoms with Gasteiger partial charge in [-0.1, -0.05) is 42.0 Å². The lowest BCUT2D eigenvalue weighted by atomic mass is 9.97. The quantitative estimate of drug-likeness (QED) is 0.563. The number of furan rings is 1. The van der Waals surface area contributed by atoms with Gasteiger partial charge in [0.25, 0.3) is 11.8 Å². The van der Waals surface area contributed by atoms with Crippen molar-refractivity contribution in [1.82, 2.24) is 4.90 Å². The van der Waals surface area contributed by atoms with Gasteiger partial charge in [0.2, 0.25) is 0 Å². The summed E-state index contributed by atoms with van der Waals surface area (Å²) in [5.74, 6) is -0.0366. The van der Waals surface area contributed by atoms with Crippen molar-refractivity contribution in [2.45, 2.75) is 27.3 Å². The lowest BCUT2D eigenvalue weighted by Gasteiger charge is -2.25. The number of benzene rings is 2. The van der Waals surface area contributed by atoms with Crippen LogP contribution in [0, 0.1) is 13.8 Å². The average Bonchev–Trinajstić information content (AvgIpc) is 3.33. The molecule has 2 amide bonds. The zero-order valence-corrected chi connectivity index (χ0v) is 17.4. The largest absolute Gasteiger partial charge is 0.467 e. The molecular weight excluding hydrogens is 376 g/mol. The Morgan fingerprint density at radius 3 is 2.33 bits per heavy atom. The van der Waals surface area contributed by atoms with Crippen LogP contribution in [0.5, 0.6) is 0 Å². The topological polar surface area (TPSA) is 53.8 Å². The van der Waals surface area contributed by atoms with E-state index in [0.717, 1.165) is 22.4 Å². The first kappa shape index (κ1) is 19.7. The van der Waals surface area contributed by atoms with E-state index < -0.39 is 0 Å². The maximum atomic E-state index is 13.5. The number of nitrogens with zero attached hydrogens (tertiary/aromatic N) is 2. The number of anilines is 1. The van der Waals surface area contributed by atoms with Crippen LogP contribution in [0.1, 0.15) is 29.4 Å². The standard InChI is InChI=1S/C25H24N2O3/c1-4-26(19-9-6-5-7-10-19)23-22(21-13-12-17(2)15-18(21)3)24(28)27(25(23)29)16-20-11-8-14-30-20/h5-15H,4,16H2,1-3H3. The second-order valence-corrected chi connectivity index (χ2v) is 7.40. The summed E-state index contributed by atoms with van der Waals surface area (Å²) in [4.78, 5) is 30.2. The smallest absolute Gasteiger partial charge is 0.278 e. The van der Waals surface area contributed by atoms with Crippen molar-refractivity contribution in [3.05, 3.63) is 95.1 Å². The van der Waals surface area contributed by atoms with Gasteiger partial charge in [-0.3, -0.25) is 14.5 Å². The van der Waals surface area contributed by atoms with Crippen LogP contribution in [0.25, 0.3) is 5.57 Å². The van der Waals surface area contributed by atoms with Gasteiger partial charge in [0.05, 0.1) is 18.4 Å². The molecule has 0 bridgehead atoms. The minimum Gasteiger partial charge on any atom is -0.467 e. The van der Waals surface area contributed by atoms with Gasteiger partial charge in [-0.25, -0.2) is 0 Å². The third kappa shape index (κ3) is 3.43. The summed E-state index contributed by atoms with van der Waals surface area (Å²) in [7, 11) is 0. The van der Waals surface area contributed by atoms with Gasteiger partial charge in [0.1, 0.15) is 11.5 Å². The number of imide groups is 1. The van der Waals surface area contributed by atoms with Gasteiger partial charge < -0.3 is 9.32 Å². The molecule has 0 aliphatic carbocycles. The summed E-state index contributed by atoms with van der Waals surface area (Å²) in [6.07, 6.45) is 1.54. The summed E-state index contributed by atoms with van der Waals surface area (Å²) in [6, 6.07) is 19.1. The van der Waals surface area contributed by atoms with Crippen molar-refractivity contribution in [1.29, 1.82) is 0 Å². The Morgan fingerprint density at radius 1 is 0.933 bits per heavy atom. The minimum atomic E-state index is -0.308. The van der Waals surface area contributed by atoms with Crippen molar-refractivity contribution in [3.63, 3.8) is 0 Å². The van der Waals surface area contributed by atoms with E-state index in [4.69, 9.17) is 4.42 Å². The Hall–Kier alpha value is -3.60. The third-order valence-corrected chi connectivity index (χ3v) is 5.34. The zero-order valence-electron chi connectivity index (χ0n) is 17.4. The van der Waals surface area contributed by atoms with Crippen LogP contribution < -0.4 is 4.90 Å². The van der Waals surface area contributed by atoms with Crippen LogP contribution in [0.15, 0.2) is 77.0 Å². The molecule has 4 rings (SSSR count). The second kappa shape index (κ2) is 8.03. The number of rotatable bonds is 6. The van der Waals surface area contributed by atoms with Crippen LogP contribution in [0.4, 0.5) is 5.69 Å². The molecule has 0 unspecified atom stereocenters. The van der Waals surface area contributed by atoms with E-state index in [1.807, 2.05) is 74.2 Å². The van der Waals surface area contributed by atoms with Crippen molar-refractivity contribution >= 4 is 23.1 Å². The number of hydrogen-bond acceptors (Lipinski definition) is 4. The van der Waals surface area contributed by atoms with Crippen molar-refractivity contribution in [3.8, 4) is 0 Å². The Kier molecular flexibility index (Phi) is 5.27. The number of carbonyl (C=O) groups is 2. The number of likely N-dealkylation sites (N-methyl/N-ethyl adjacent to an activating group) is 1. The number of amides is 2. The van der Waals surface area contributed by atoms with E-state index in [2.05, 4.69) is 0 Å². The Morgan fingerprint density at radius 2 is 1.70 bits per heavy atom. The van der Waals surface area contributed by atoms with E-state index in [9.17, 15) is 9.59 Å². The fourth-order valence-electron chi connectivity index (χ4n) is 3.93. The van der Waals surface area contributed by atoms with E-state index in [1.54, 1.807) is 18.4 Å². The van der Waals surface area contributed by atoms with Gasteiger partial charge in [0.15, 0.2) is 0 Å². The number of aryl methyl sites for hydroxylation is 2. The maximum absolute atomic E-state index is 13.5. The molecule has 0 atom stereocenters. The fraction of sp³-hybridized carbons (Fsp3) is 0.200. The van der Waals surface area contributed by atoms with Crippen molar-refractivity contribution < 1.29 is 14.0 Å². The van der Waals surface area contributed by atoms with Crippen molar-refractivity contribution in [2.24, 2.45) is 0 Å². The minimum absolute atomic E-state index is 0.106.